The van der Waals surface area contributed by atoms with Crippen molar-refractivity contribution in [2.45, 2.75) is 86.7 Å². The van der Waals surface area contributed by atoms with Crippen LogP contribution in [0.25, 0.3) is 0 Å². The highest BCUT2D eigenvalue weighted by Crippen LogP contribution is 2.70. The van der Waals surface area contributed by atoms with Gasteiger partial charge in [0.15, 0.2) is 28.0 Å². The Hall–Kier alpha value is -1.48. The van der Waals surface area contributed by atoms with Crippen molar-refractivity contribution in [1.82, 2.24) is 9.80 Å². The fourth-order valence-corrected chi connectivity index (χ4v) is 12.4. The number of esters is 2. The zero-order chi connectivity index (χ0) is 26.6. The first-order valence-corrected chi connectivity index (χ1v) is 15.0. The van der Waals surface area contributed by atoms with Crippen LogP contribution in [0.5, 0.6) is 0 Å². The molecule has 7 atom stereocenters. The molecule has 0 aromatic heterocycles. The third-order valence-corrected chi connectivity index (χ3v) is 13.5. The van der Waals surface area contributed by atoms with E-state index in [0.29, 0.717) is 0 Å². The van der Waals surface area contributed by atoms with E-state index in [4.69, 9.17) is 14.2 Å². The van der Waals surface area contributed by atoms with Crippen LogP contribution in [0.2, 0.25) is 0 Å². The minimum Gasteiger partial charge on any atom is -0.455 e. The number of fused-ring (bicyclic) bond motifs is 4. The lowest BCUT2D eigenvalue weighted by atomic mass is 9.76. The Bertz CT molecular complexity index is 1100. The lowest BCUT2D eigenvalue weighted by Crippen LogP contribution is -2.73. The number of hydrogen-bond donors (Lipinski definition) is 1. The largest absolute Gasteiger partial charge is 0.455 e. The predicted molar refractivity (Wildman–Crippen MR) is 130 cm³/mol. The van der Waals surface area contributed by atoms with E-state index in [2.05, 4.69) is 0 Å². The monoisotopic (exact) mass is 560 g/mol. The maximum Gasteiger partial charge on any atom is 0.303 e. The molecule has 1 N–H and O–H groups in total. The van der Waals surface area contributed by atoms with E-state index in [1.54, 1.807) is 20.8 Å². The lowest BCUT2D eigenvalue weighted by molar-refractivity contribution is -0.202. The van der Waals surface area contributed by atoms with Crippen molar-refractivity contribution in [3.05, 3.63) is 0 Å². The smallest absolute Gasteiger partial charge is 0.303 e. The maximum atomic E-state index is 14.1. The molecule has 11 nitrogen and oxygen atoms in total. The number of carbonyl (C=O) groups excluding carboxylic acids is 5. The molecule has 1 aliphatic carbocycles. The number of aliphatic hydroxyl groups is 1. The number of ether oxygens (including phenoxy) is 3. The third-order valence-electron chi connectivity index (χ3n) is 8.43. The molecule has 0 aromatic rings. The molecule has 6 rings (SSSR count). The number of likely N-dealkylation sites (N-methyl/N-ethyl adjacent to an activating group) is 1. The summed E-state index contributed by atoms with van der Waals surface area (Å²) in [7, 11) is 4.87. The first-order valence-electron chi connectivity index (χ1n) is 11.5. The maximum absolute atomic E-state index is 14.1. The molecule has 0 aromatic carbocycles. The summed E-state index contributed by atoms with van der Waals surface area (Å²) in [6, 6.07) is -1.02. The molecular formula is C22H28N2O9S3. The SMILES string of the molecule is CC(=O)O[C@H]1[C@]2(OC(C)=O)C[C@]34SSS[C@@](CO)(C(=O)N3[C@@H]2C[C@@]12O[C@H](C)C(C)(C)C2=O)N(C)C4=O. The van der Waals surface area contributed by atoms with Gasteiger partial charge >= 0.3 is 11.9 Å². The molecule has 2 bridgehead atoms. The second kappa shape index (κ2) is 7.78. The van der Waals surface area contributed by atoms with Crippen LogP contribution in [-0.2, 0) is 38.2 Å². The molecule has 1 saturated carbocycles. The summed E-state index contributed by atoms with van der Waals surface area (Å²) in [5.74, 6) is -2.74. The van der Waals surface area contributed by atoms with Gasteiger partial charge in [0.05, 0.1) is 24.2 Å². The molecule has 6 aliphatic rings. The van der Waals surface area contributed by atoms with E-state index in [1.807, 2.05) is 0 Å². The summed E-state index contributed by atoms with van der Waals surface area (Å²) >= 11 is 0. The van der Waals surface area contributed by atoms with Gasteiger partial charge in [-0.1, -0.05) is 13.8 Å². The van der Waals surface area contributed by atoms with Crippen molar-refractivity contribution in [3.63, 3.8) is 0 Å². The van der Waals surface area contributed by atoms with Crippen LogP contribution in [0.15, 0.2) is 0 Å². The number of hydrogen-bond acceptors (Lipinski definition) is 12. The van der Waals surface area contributed by atoms with Gasteiger partial charge in [-0.2, -0.15) is 0 Å². The molecule has 14 heteroatoms. The van der Waals surface area contributed by atoms with E-state index in [-0.39, 0.29) is 18.6 Å². The van der Waals surface area contributed by atoms with E-state index in [9.17, 15) is 29.1 Å². The Morgan fingerprint density at radius 3 is 2.33 bits per heavy atom. The van der Waals surface area contributed by atoms with Gasteiger partial charge in [0, 0.05) is 33.7 Å². The van der Waals surface area contributed by atoms with Gasteiger partial charge in [0.25, 0.3) is 11.8 Å². The Morgan fingerprint density at radius 2 is 1.81 bits per heavy atom. The zero-order valence-electron chi connectivity index (χ0n) is 20.7. The molecule has 198 valence electrons. The Morgan fingerprint density at radius 1 is 1.14 bits per heavy atom. The van der Waals surface area contributed by atoms with Crippen molar-refractivity contribution >= 4 is 60.9 Å². The number of nitrogens with zero attached hydrogens (tertiary/aromatic N) is 2. The highest BCUT2D eigenvalue weighted by molar-refractivity contribution is 9.10. The number of Topliss-reactive ketones (excluding diaryl/α,β-unsaturated/α-hetero) is 1. The van der Waals surface area contributed by atoms with Crippen molar-refractivity contribution in [3.8, 4) is 0 Å². The van der Waals surface area contributed by atoms with Gasteiger partial charge in [-0.25, -0.2) is 0 Å². The number of piperazine rings is 1. The molecule has 0 unspecified atom stereocenters. The minimum absolute atomic E-state index is 0.132. The normalized spacial score (nSPS) is 44.6. The average Bonchev–Trinajstić information content (AvgIpc) is 3.17. The first-order chi connectivity index (χ1) is 16.7. The third kappa shape index (κ3) is 2.85. The van der Waals surface area contributed by atoms with Crippen LogP contribution in [0.3, 0.4) is 0 Å². The van der Waals surface area contributed by atoms with E-state index >= 15 is 0 Å². The Kier molecular flexibility index (Phi) is 5.65. The fourth-order valence-electron chi connectivity index (χ4n) is 6.49. The topological polar surface area (TPSA) is 140 Å². The van der Waals surface area contributed by atoms with Crippen LogP contribution in [0.1, 0.15) is 47.5 Å². The average molecular weight is 561 g/mol. The Labute approximate surface area is 219 Å². The molecule has 5 heterocycles. The summed E-state index contributed by atoms with van der Waals surface area (Å²) in [6.07, 6.45) is -2.28. The molecule has 5 saturated heterocycles. The van der Waals surface area contributed by atoms with Crippen molar-refractivity contribution in [1.29, 1.82) is 0 Å². The van der Waals surface area contributed by atoms with Crippen molar-refractivity contribution in [2.24, 2.45) is 5.41 Å². The van der Waals surface area contributed by atoms with E-state index in [0.717, 1.165) is 21.6 Å². The minimum atomic E-state index is -1.72. The van der Waals surface area contributed by atoms with Gasteiger partial charge < -0.3 is 29.1 Å². The van der Waals surface area contributed by atoms with Gasteiger partial charge in [0.2, 0.25) is 4.87 Å². The van der Waals surface area contributed by atoms with Gasteiger partial charge in [-0.05, 0) is 38.3 Å². The highest BCUT2D eigenvalue weighted by Gasteiger charge is 2.85. The molecule has 6 fully saturated rings. The molecule has 36 heavy (non-hydrogen) atoms. The van der Waals surface area contributed by atoms with Gasteiger partial charge in [-0.3, -0.25) is 24.0 Å². The van der Waals surface area contributed by atoms with Gasteiger partial charge in [-0.15, -0.1) is 0 Å². The fraction of sp³-hybridized carbons (Fsp3) is 0.773. The first kappa shape index (κ1) is 26.1. The number of aliphatic hydroxyl groups excluding tert-OH is 1. The van der Waals surface area contributed by atoms with Crippen LogP contribution in [-0.4, -0.2) is 97.3 Å². The van der Waals surface area contributed by atoms with Crippen molar-refractivity contribution < 1.29 is 43.3 Å². The summed E-state index contributed by atoms with van der Waals surface area (Å²) in [5, 5.41) is 10.3. The van der Waals surface area contributed by atoms with Crippen LogP contribution < -0.4 is 0 Å². The molecular weight excluding hydrogens is 532 g/mol. The molecule has 2 amide bonds. The summed E-state index contributed by atoms with van der Waals surface area (Å²) < 4.78 is 18.0. The second-order valence-corrected chi connectivity index (χ2v) is 15.1. The Balaban J connectivity index is 1.75. The van der Waals surface area contributed by atoms with Crippen LogP contribution >= 0.6 is 31.4 Å². The lowest BCUT2D eigenvalue weighted by Gasteiger charge is -2.50. The van der Waals surface area contributed by atoms with Crippen molar-refractivity contribution in [2.75, 3.05) is 13.7 Å². The van der Waals surface area contributed by atoms with Crippen LogP contribution in [0, 0.1) is 5.41 Å². The second-order valence-electron chi connectivity index (χ2n) is 10.6. The quantitative estimate of drug-likeness (QED) is 0.387. The standard InChI is InChI=1S/C22H28N2O9S3/c1-10-18(4,5)14(28)19(32-10)7-13-20(33-12(3)27,15(19)31-11(2)26)8-21-16(29)23(6)22(9-25,35-36-34-21)17(30)24(13)21/h10,13,15,25H,7-9H2,1-6H3/t10-,13-,15-,19+,20+,21-,22+/m1/s1. The zero-order valence-corrected chi connectivity index (χ0v) is 23.1. The molecule has 0 radical (unpaired) electrons. The number of rotatable bonds is 3. The van der Waals surface area contributed by atoms with Crippen LogP contribution in [0.4, 0.5) is 0 Å². The number of amides is 2. The number of carbonyl (C=O) groups is 5. The highest BCUT2D eigenvalue weighted by atomic mass is 33.5. The van der Waals surface area contributed by atoms with E-state index in [1.165, 1.54) is 40.5 Å². The van der Waals surface area contributed by atoms with E-state index < -0.39 is 75.0 Å². The summed E-state index contributed by atoms with van der Waals surface area (Å²) in [4.78, 5) is 66.3. The predicted octanol–water partition coefficient (Wildman–Crippen LogP) is 0.877. The van der Waals surface area contributed by atoms with Gasteiger partial charge in [0.1, 0.15) is 0 Å². The molecule has 5 aliphatic heterocycles. The summed E-state index contributed by atoms with van der Waals surface area (Å²) in [6.45, 7) is 6.94. The summed E-state index contributed by atoms with van der Waals surface area (Å²) in [5.41, 5.74) is -4.36. The molecule has 2 spiro atoms. The number of ketones is 1.